The normalized spacial score (nSPS) is 20.2. The van der Waals surface area contributed by atoms with Crippen molar-refractivity contribution in [3.8, 4) is 0 Å². The van der Waals surface area contributed by atoms with E-state index < -0.39 is 11.7 Å². The Kier molecular flexibility index (Phi) is 10.3. The van der Waals surface area contributed by atoms with Gasteiger partial charge in [-0.2, -0.15) is 13.2 Å². The zero-order chi connectivity index (χ0) is 30.2. The van der Waals surface area contributed by atoms with E-state index >= 15 is 0 Å². The number of nitrogens with one attached hydrogen (secondary N) is 1. The first-order chi connectivity index (χ1) is 20.7. The highest BCUT2D eigenvalue weighted by Gasteiger charge is 2.36. The Bertz CT molecular complexity index is 1330. The molecule has 2 aliphatic rings. The van der Waals surface area contributed by atoms with E-state index in [1.807, 2.05) is 29.2 Å². The number of hydrogen-bond acceptors (Lipinski definition) is 5. The summed E-state index contributed by atoms with van der Waals surface area (Å²) in [5.41, 5.74) is 1.85. The van der Waals surface area contributed by atoms with Crippen LogP contribution in [-0.2, 0) is 23.9 Å². The zero-order valence-corrected chi connectivity index (χ0v) is 24.3. The lowest BCUT2D eigenvalue weighted by Gasteiger charge is -2.47. The van der Waals surface area contributed by atoms with Crippen molar-refractivity contribution in [2.75, 3.05) is 50.7 Å². The fourth-order valence-electron chi connectivity index (χ4n) is 6.36. The molecular formula is C33H39F4N5O. The van der Waals surface area contributed by atoms with Crippen LogP contribution in [0.3, 0.4) is 0 Å². The SMILES string of the molecule is O=C(CC[C@H]1CN(Cc2ccccn2)CC[C@H]1N1CCN(c2cccc(C(F)(F)F)c2)CC1)NCCc1cccc(F)c1. The van der Waals surface area contributed by atoms with Crippen molar-refractivity contribution in [3.63, 3.8) is 0 Å². The van der Waals surface area contributed by atoms with E-state index in [2.05, 4.69) is 20.1 Å². The molecule has 0 aliphatic carbocycles. The lowest BCUT2D eigenvalue weighted by atomic mass is 9.86. The molecule has 3 heterocycles. The maximum absolute atomic E-state index is 13.5. The third-order valence-corrected chi connectivity index (χ3v) is 8.58. The molecule has 2 saturated heterocycles. The number of piperazine rings is 1. The van der Waals surface area contributed by atoms with Crippen LogP contribution in [0.25, 0.3) is 0 Å². The summed E-state index contributed by atoms with van der Waals surface area (Å²) in [6.45, 7) is 5.82. The Morgan fingerprint density at radius 1 is 0.953 bits per heavy atom. The van der Waals surface area contributed by atoms with Crippen LogP contribution in [0.4, 0.5) is 23.2 Å². The van der Waals surface area contributed by atoms with Crippen molar-refractivity contribution in [2.45, 2.75) is 44.4 Å². The van der Waals surface area contributed by atoms with Crippen LogP contribution in [-0.4, -0.2) is 72.5 Å². The fraction of sp³-hybridized carbons (Fsp3) is 0.455. The molecule has 2 fully saturated rings. The largest absolute Gasteiger partial charge is 0.416 e. The van der Waals surface area contributed by atoms with Gasteiger partial charge in [0.15, 0.2) is 0 Å². The van der Waals surface area contributed by atoms with E-state index in [4.69, 9.17) is 0 Å². The minimum absolute atomic E-state index is 0.00799. The number of halogens is 4. The molecule has 5 rings (SSSR count). The summed E-state index contributed by atoms with van der Waals surface area (Å²) in [7, 11) is 0. The number of hydrogen-bond donors (Lipinski definition) is 1. The van der Waals surface area contributed by atoms with Crippen molar-refractivity contribution < 1.29 is 22.4 Å². The maximum atomic E-state index is 13.5. The molecule has 3 aromatic rings. The molecule has 230 valence electrons. The Morgan fingerprint density at radius 2 is 1.77 bits per heavy atom. The first-order valence-corrected chi connectivity index (χ1v) is 15.0. The van der Waals surface area contributed by atoms with Crippen molar-refractivity contribution in [1.82, 2.24) is 20.1 Å². The Labute approximate surface area is 250 Å². The number of alkyl halides is 3. The van der Waals surface area contributed by atoms with Gasteiger partial charge in [0.1, 0.15) is 5.82 Å². The number of benzene rings is 2. The molecule has 2 atom stereocenters. The number of anilines is 1. The number of nitrogens with zero attached hydrogens (tertiary/aromatic N) is 4. The van der Waals surface area contributed by atoms with Gasteiger partial charge in [-0.15, -0.1) is 0 Å². The first-order valence-electron chi connectivity index (χ1n) is 15.0. The molecule has 0 unspecified atom stereocenters. The lowest BCUT2D eigenvalue weighted by Crippen LogP contribution is -2.56. The van der Waals surface area contributed by atoms with Gasteiger partial charge in [0.2, 0.25) is 5.91 Å². The Balaban J connectivity index is 1.18. The molecule has 1 aromatic heterocycles. The van der Waals surface area contributed by atoms with Crippen LogP contribution in [0.5, 0.6) is 0 Å². The summed E-state index contributed by atoms with van der Waals surface area (Å²) in [5.74, 6) is -0.0176. The number of carbonyl (C=O) groups excluding carboxylic acids is 1. The number of likely N-dealkylation sites (tertiary alicyclic amines) is 1. The number of amides is 1. The molecule has 1 amide bonds. The summed E-state index contributed by atoms with van der Waals surface area (Å²) >= 11 is 0. The topological polar surface area (TPSA) is 51.7 Å². The van der Waals surface area contributed by atoms with Crippen LogP contribution >= 0.6 is 0 Å². The van der Waals surface area contributed by atoms with Gasteiger partial charge in [-0.25, -0.2) is 4.39 Å². The quantitative estimate of drug-likeness (QED) is 0.318. The van der Waals surface area contributed by atoms with Gasteiger partial charge in [-0.05, 0) is 73.2 Å². The molecule has 0 radical (unpaired) electrons. The monoisotopic (exact) mass is 597 g/mol. The fourth-order valence-corrected chi connectivity index (χ4v) is 6.36. The van der Waals surface area contributed by atoms with E-state index in [9.17, 15) is 22.4 Å². The van der Waals surface area contributed by atoms with E-state index in [1.54, 1.807) is 18.3 Å². The highest BCUT2D eigenvalue weighted by atomic mass is 19.4. The maximum Gasteiger partial charge on any atom is 0.416 e. The number of carbonyl (C=O) groups is 1. The molecule has 1 N–H and O–H groups in total. The van der Waals surface area contributed by atoms with Crippen LogP contribution in [0.1, 0.15) is 36.1 Å². The van der Waals surface area contributed by atoms with Gasteiger partial charge in [-0.1, -0.05) is 24.3 Å². The second-order valence-corrected chi connectivity index (χ2v) is 11.5. The number of aromatic nitrogens is 1. The molecule has 43 heavy (non-hydrogen) atoms. The molecule has 0 saturated carbocycles. The average Bonchev–Trinajstić information content (AvgIpc) is 3.00. The highest BCUT2D eigenvalue weighted by Crippen LogP contribution is 2.33. The lowest BCUT2D eigenvalue weighted by molar-refractivity contribution is -0.137. The van der Waals surface area contributed by atoms with Crippen LogP contribution in [0.2, 0.25) is 0 Å². The summed E-state index contributed by atoms with van der Waals surface area (Å²) in [6, 6.07) is 18.2. The third kappa shape index (κ3) is 8.76. The summed E-state index contributed by atoms with van der Waals surface area (Å²) in [5, 5.41) is 2.99. The van der Waals surface area contributed by atoms with Crippen LogP contribution in [0.15, 0.2) is 72.9 Å². The van der Waals surface area contributed by atoms with Gasteiger partial charge < -0.3 is 10.2 Å². The average molecular weight is 598 g/mol. The van der Waals surface area contributed by atoms with Crippen LogP contribution < -0.4 is 10.2 Å². The van der Waals surface area contributed by atoms with Gasteiger partial charge in [0.05, 0.1) is 11.3 Å². The summed E-state index contributed by atoms with van der Waals surface area (Å²) in [4.78, 5) is 24.2. The summed E-state index contributed by atoms with van der Waals surface area (Å²) in [6.07, 6.45) is 0.123. The molecule has 10 heteroatoms. The standard InChI is InChI=1S/C33H39F4N5O/c34-28-7-3-5-25(21-28)12-15-39-32(43)11-10-26-23-40(24-29-8-1-2-14-38-29)16-13-31(26)42-19-17-41(18-20-42)30-9-4-6-27(22-30)33(35,36)37/h1-9,14,21-22,26,31H,10-13,15-20,23-24H2,(H,39,43)/t26-,31+/m0/s1. The van der Waals surface area contributed by atoms with Crippen molar-refractivity contribution in [3.05, 3.63) is 95.6 Å². The predicted molar refractivity (Wildman–Crippen MR) is 159 cm³/mol. The van der Waals surface area contributed by atoms with E-state index in [0.29, 0.717) is 44.2 Å². The van der Waals surface area contributed by atoms with Crippen molar-refractivity contribution >= 4 is 11.6 Å². The smallest absolute Gasteiger partial charge is 0.369 e. The van der Waals surface area contributed by atoms with Crippen LogP contribution in [0, 0.1) is 11.7 Å². The molecule has 6 nitrogen and oxygen atoms in total. The second-order valence-electron chi connectivity index (χ2n) is 11.5. The van der Waals surface area contributed by atoms with E-state index in [-0.39, 0.29) is 17.6 Å². The number of piperidine rings is 1. The minimum Gasteiger partial charge on any atom is -0.369 e. The molecule has 2 aromatic carbocycles. The zero-order valence-electron chi connectivity index (χ0n) is 24.3. The molecule has 2 aliphatic heterocycles. The van der Waals surface area contributed by atoms with Gasteiger partial charge in [0.25, 0.3) is 0 Å². The van der Waals surface area contributed by atoms with Gasteiger partial charge in [0, 0.05) is 76.7 Å². The second kappa shape index (κ2) is 14.3. The Morgan fingerprint density at radius 3 is 2.51 bits per heavy atom. The summed E-state index contributed by atoms with van der Waals surface area (Å²) < 4.78 is 53.3. The predicted octanol–water partition coefficient (Wildman–Crippen LogP) is 5.39. The van der Waals surface area contributed by atoms with E-state index in [1.165, 1.54) is 24.3 Å². The third-order valence-electron chi connectivity index (χ3n) is 8.58. The van der Waals surface area contributed by atoms with Crippen molar-refractivity contribution in [2.24, 2.45) is 5.92 Å². The number of pyridine rings is 1. The van der Waals surface area contributed by atoms with Gasteiger partial charge >= 0.3 is 6.18 Å². The first kappa shape index (κ1) is 30.9. The Hall–Kier alpha value is -3.50. The molecule has 0 spiro atoms. The van der Waals surface area contributed by atoms with Crippen molar-refractivity contribution in [1.29, 1.82) is 0 Å². The molecule has 0 bridgehead atoms. The number of rotatable bonds is 10. The van der Waals surface area contributed by atoms with Gasteiger partial charge in [-0.3, -0.25) is 19.6 Å². The van der Waals surface area contributed by atoms with E-state index in [0.717, 1.165) is 62.9 Å². The highest BCUT2D eigenvalue weighted by molar-refractivity contribution is 5.75. The molecular weight excluding hydrogens is 558 g/mol. The minimum atomic E-state index is -4.36.